The van der Waals surface area contributed by atoms with E-state index >= 15 is 0 Å². The standard InChI is InChI=1S/C22H31N5O4S2/c1-3-5-8-15-24-16-19(23-10-9-13-7-6-11-33-13)25-22(32-4-2)26-20(16)27(15)21-18(30)17(29)14(12-28)31-21/h6-7,11,14,17-18,21,28-30H,3-5,8-10,12H2,1-2H3,(H,23,25,26)/t14-,17-,18-,21-/m1/s1. The minimum Gasteiger partial charge on any atom is -0.394 e. The van der Waals surface area contributed by atoms with Gasteiger partial charge >= 0.3 is 0 Å². The minimum absolute atomic E-state index is 0.382. The van der Waals surface area contributed by atoms with Crippen LogP contribution in [0.3, 0.4) is 0 Å². The van der Waals surface area contributed by atoms with Crippen molar-refractivity contribution in [1.29, 1.82) is 0 Å². The maximum atomic E-state index is 10.7. The molecule has 9 nitrogen and oxygen atoms in total. The van der Waals surface area contributed by atoms with Crippen molar-refractivity contribution in [3.63, 3.8) is 0 Å². The summed E-state index contributed by atoms with van der Waals surface area (Å²) in [6.07, 6.45) is -0.712. The van der Waals surface area contributed by atoms with Gasteiger partial charge in [-0.15, -0.1) is 11.3 Å². The van der Waals surface area contributed by atoms with E-state index in [2.05, 4.69) is 23.7 Å². The Morgan fingerprint density at radius 1 is 1.18 bits per heavy atom. The number of hydrogen-bond acceptors (Lipinski definition) is 10. The molecule has 0 unspecified atom stereocenters. The van der Waals surface area contributed by atoms with Crippen LogP contribution >= 0.6 is 23.1 Å². The molecule has 4 rings (SSSR count). The van der Waals surface area contributed by atoms with Crippen LogP contribution in [-0.4, -0.2) is 72.1 Å². The molecule has 180 valence electrons. The highest BCUT2D eigenvalue weighted by Crippen LogP contribution is 2.35. The first-order chi connectivity index (χ1) is 16.1. The van der Waals surface area contributed by atoms with Crippen molar-refractivity contribution in [2.75, 3.05) is 24.2 Å². The van der Waals surface area contributed by atoms with Crippen LogP contribution in [0.15, 0.2) is 22.7 Å². The van der Waals surface area contributed by atoms with E-state index < -0.39 is 24.5 Å². The Morgan fingerprint density at radius 2 is 2.03 bits per heavy atom. The molecule has 0 spiro atoms. The van der Waals surface area contributed by atoms with Crippen molar-refractivity contribution in [3.05, 3.63) is 28.2 Å². The smallest absolute Gasteiger partial charge is 0.191 e. The van der Waals surface area contributed by atoms with Crippen LogP contribution in [0.25, 0.3) is 11.2 Å². The summed E-state index contributed by atoms with van der Waals surface area (Å²) in [6, 6.07) is 4.15. The third kappa shape index (κ3) is 5.18. The van der Waals surface area contributed by atoms with Crippen LogP contribution in [0.1, 0.15) is 43.6 Å². The fraction of sp³-hybridized carbons (Fsp3) is 0.591. The summed E-state index contributed by atoms with van der Waals surface area (Å²) in [5, 5.41) is 36.7. The van der Waals surface area contributed by atoms with Gasteiger partial charge in [-0.3, -0.25) is 4.57 Å². The van der Waals surface area contributed by atoms with Crippen molar-refractivity contribution < 1.29 is 20.1 Å². The Kier molecular flexibility index (Phi) is 8.20. The monoisotopic (exact) mass is 493 g/mol. The van der Waals surface area contributed by atoms with Gasteiger partial charge in [0.15, 0.2) is 28.4 Å². The normalized spacial score (nSPS) is 22.9. The molecular weight excluding hydrogens is 462 g/mol. The molecule has 1 saturated heterocycles. The molecule has 4 N–H and O–H groups in total. The molecule has 4 atom stereocenters. The van der Waals surface area contributed by atoms with E-state index in [1.165, 1.54) is 16.6 Å². The minimum atomic E-state index is -1.20. The number of anilines is 1. The lowest BCUT2D eigenvalue weighted by Gasteiger charge is -2.19. The number of nitrogens with zero attached hydrogens (tertiary/aromatic N) is 4. The Hall–Kier alpha value is -1.76. The zero-order valence-corrected chi connectivity index (χ0v) is 20.5. The zero-order chi connectivity index (χ0) is 23.4. The van der Waals surface area contributed by atoms with Crippen LogP contribution in [0.5, 0.6) is 0 Å². The average molecular weight is 494 g/mol. The summed E-state index contributed by atoms with van der Waals surface area (Å²) >= 11 is 3.25. The first-order valence-electron chi connectivity index (χ1n) is 11.4. The highest BCUT2D eigenvalue weighted by molar-refractivity contribution is 7.99. The number of aryl methyl sites for hydroxylation is 1. The number of nitrogens with one attached hydrogen (secondary N) is 1. The lowest BCUT2D eigenvalue weighted by molar-refractivity contribution is -0.0523. The predicted octanol–water partition coefficient (Wildman–Crippen LogP) is 2.61. The van der Waals surface area contributed by atoms with Gasteiger partial charge in [0.1, 0.15) is 24.1 Å². The number of ether oxygens (including phenoxy) is 1. The number of fused-ring (bicyclic) bond motifs is 1. The van der Waals surface area contributed by atoms with Gasteiger partial charge in [-0.05, 0) is 30.0 Å². The Balaban J connectivity index is 1.75. The van der Waals surface area contributed by atoms with Crippen LogP contribution in [0.2, 0.25) is 0 Å². The first-order valence-corrected chi connectivity index (χ1v) is 13.2. The van der Waals surface area contributed by atoms with E-state index in [4.69, 9.17) is 19.7 Å². The van der Waals surface area contributed by atoms with Crippen molar-refractivity contribution in [2.24, 2.45) is 0 Å². The number of hydrogen-bond donors (Lipinski definition) is 4. The number of thioether (sulfide) groups is 1. The first kappa shape index (κ1) is 24.4. The largest absolute Gasteiger partial charge is 0.394 e. The number of aromatic nitrogens is 4. The quantitative estimate of drug-likeness (QED) is 0.236. The number of imidazole rings is 1. The van der Waals surface area contributed by atoms with E-state index in [-0.39, 0.29) is 6.61 Å². The molecule has 0 bridgehead atoms. The molecule has 1 fully saturated rings. The Labute approximate surface area is 201 Å². The summed E-state index contributed by atoms with van der Waals surface area (Å²) in [4.78, 5) is 15.6. The highest BCUT2D eigenvalue weighted by Gasteiger charge is 2.45. The predicted molar refractivity (Wildman–Crippen MR) is 130 cm³/mol. The second kappa shape index (κ2) is 11.1. The van der Waals surface area contributed by atoms with Gasteiger partial charge in [-0.25, -0.2) is 15.0 Å². The van der Waals surface area contributed by atoms with E-state index in [1.807, 2.05) is 13.0 Å². The second-order valence-corrected chi connectivity index (χ2v) is 10.2. The molecule has 33 heavy (non-hydrogen) atoms. The number of aliphatic hydroxyl groups excluding tert-OH is 3. The molecule has 0 amide bonds. The average Bonchev–Trinajstić information content (AvgIpc) is 3.52. The molecular formula is C22H31N5O4S2. The number of unbranched alkanes of at least 4 members (excludes halogenated alkanes) is 1. The van der Waals surface area contributed by atoms with E-state index in [0.29, 0.717) is 35.1 Å². The molecule has 1 aliphatic heterocycles. The van der Waals surface area contributed by atoms with Crippen LogP contribution in [0, 0.1) is 0 Å². The van der Waals surface area contributed by atoms with Crippen LogP contribution in [0.4, 0.5) is 5.82 Å². The van der Waals surface area contributed by atoms with Gasteiger partial charge in [0.05, 0.1) is 6.61 Å². The fourth-order valence-corrected chi connectivity index (χ4v) is 5.22. The van der Waals surface area contributed by atoms with Gasteiger partial charge in [0.2, 0.25) is 0 Å². The SMILES string of the molecule is CCCCc1nc2c(NCCc3cccs3)nc(SCC)nc2n1[C@@H]1O[C@H](CO)[C@@H](O)[C@H]1O. The molecule has 0 radical (unpaired) electrons. The van der Waals surface area contributed by atoms with E-state index in [0.717, 1.165) is 30.8 Å². The molecule has 0 saturated carbocycles. The maximum Gasteiger partial charge on any atom is 0.191 e. The molecule has 1 aliphatic rings. The van der Waals surface area contributed by atoms with Gasteiger partial charge < -0.3 is 25.4 Å². The van der Waals surface area contributed by atoms with Crippen LogP contribution < -0.4 is 5.32 Å². The molecule has 0 aliphatic carbocycles. The van der Waals surface area contributed by atoms with Crippen molar-refractivity contribution in [1.82, 2.24) is 19.5 Å². The number of rotatable bonds is 11. The Bertz CT molecular complexity index is 1050. The summed E-state index contributed by atoms with van der Waals surface area (Å²) in [7, 11) is 0. The fourth-order valence-electron chi connectivity index (χ4n) is 3.95. The van der Waals surface area contributed by atoms with Gasteiger partial charge in [0.25, 0.3) is 0 Å². The molecule has 4 heterocycles. The van der Waals surface area contributed by atoms with E-state index in [9.17, 15) is 15.3 Å². The third-order valence-electron chi connectivity index (χ3n) is 5.64. The topological polar surface area (TPSA) is 126 Å². The number of thiophene rings is 1. The third-order valence-corrected chi connectivity index (χ3v) is 7.30. The van der Waals surface area contributed by atoms with Crippen molar-refractivity contribution >= 4 is 40.1 Å². The maximum absolute atomic E-state index is 10.7. The summed E-state index contributed by atoms with van der Waals surface area (Å²) in [5.74, 6) is 2.18. The van der Waals surface area contributed by atoms with Crippen molar-refractivity contribution in [3.8, 4) is 0 Å². The van der Waals surface area contributed by atoms with Crippen LogP contribution in [-0.2, 0) is 17.6 Å². The van der Waals surface area contributed by atoms with Crippen molar-refractivity contribution in [2.45, 2.75) is 69.2 Å². The molecule has 3 aromatic heterocycles. The second-order valence-electron chi connectivity index (χ2n) is 7.95. The lowest BCUT2D eigenvalue weighted by Crippen LogP contribution is -2.33. The summed E-state index contributed by atoms with van der Waals surface area (Å²) < 4.78 is 7.64. The molecule has 11 heteroatoms. The van der Waals surface area contributed by atoms with E-state index in [1.54, 1.807) is 15.9 Å². The van der Waals surface area contributed by atoms with Gasteiger partial charge in [0, 0.05) is 17.8 Å². The van der Waals surface area contributed by atoms with Gasteiger partial charge in [-0.2, -0.15) is 0 Å². The molecule has 0 aromatic carbocycles. The number of aliphatic hydroxyl groups is 3. The molecule has 3 aromatic rings. The highest BCUT2D eigenvalue weighted by atomic mass is 32.2. The lowest BCUT2D eigenvalue weighted by atomic mass is 10.1. The summed E-state index contributed by atoms with van der Waals surface area (Å²) in [5.41, 5.74) is 1.17. The summed E-state index contributed by atoms with van der Waals surface area (Å²) in [6.45, 7) is 4.46. The zero-order valence-electron chi connectivity index (χ0n) is 18.8. The Morgan fingerprint density at radius 3 is 2.70 bits per heavy atom. The van der Waals surface area contributed by atoms with Gasteiger partial charge in [-0.1, -0.05) is 38.1 Å².